The number of benzene rings is 1. The van der Waals surface area contributed by atoms with Crippen LogP contribution in [0.3, 0.4) is 0 Å². The Morgan fingerprint density at radius 2 is 2.41 bits per heavy atom. The van der Waals surface area contributed by atoms with Crippen LogP contribution in [0.2, 0.25) is 0 Å². The van der Waals surface area contributed by atoms with E-state index in [9.17, 15) is 0 Å². The van der Waals surface area contributed by atoms with Crippen LogP contribution in [0.4, 0.5) is 11.4 Å². The summed E-state index contributed by atoms with van der Waals surface area (Å²) in [7, 11) is 0. The van der Waals surface area contributed by atoms with Crippen molar-refractivity contribution in [3.63, 3.8) is 0 Å². The van der Waals surface area contributed by atoms with E-state index in [1.165, 1.54) is 0 Å². The first-order valence-electron chi connectivity index (χ1n) is 5.91. The molecule has 1 aromatic carbocycles. The minimum absolute atomic E-state index is 0.630. The molecule has 1 atom stereocenters. The van der Waals surface area contributed by atoms with Crippen molar-refractivity contribution >= 4 is 11.4 Å². The third-order valence-corrected chi connectivity index (χ3v) is 3.07. The van der Waals surface area contributed by atoms with Crippen molar-refractivity contribution in [1.82, 2.24) is 0 Å². The van der Waals surface area contributed by atoms with Gasteiger partial charge in [-0.15, -0.1) is 0 Å². The molecule has 2 rings (SSSR count). The fourth-order valence-electron chi connectivity index (χ4n) is 2.00. The fraction of sp³-hybridized carbons (Fsp3) is 0.462. The molecule has 0 radical (unpaired) electrons. The Hall–Kier alpha value is -1.73. The van der Waals surface area contributed by atoms with Crippen molar-refractivity contribution < 1.29 is 4.74 Å². The molecule has 1 aliphatic rings. The maximum Gasteiger partial charge on any atom is 0.0992 e. The quantitative estimate of drug-likeness (QED) is 0.777. The molecule has 1 saturated heterocycles. The van der Waals surface area contributed by atoms with Crippen LogP contribution < -0.4 is 11.1 Å². The van der Waals surface area contributed by atoms with E-state index < -0.39 is 0 Å². The lowest BCUT2D eigenvalue weighted by Gasteiger charge is -2.11. The molecular formula is C13H17N3O. The number of nitrogens with two attached hydrogens (primary N) is 1. The van der Waals surface area contributed by atoms with Crippen LogP contribution in [0.1, 0.15) is 18.4 Å². The summed E-state index contributed by atoms with van der Waals surface area (Å²) < 4.78 is 5.32. The minimum Gasteiger partial charge on any atom is -0.397 e. The van der Waals surface area contributed by atoms with Gasteiger partial charge in [-0.2, -0.15) is 5.26 Å². The number of ether oxygens (including phenoxy) is 1. The van der Waals surface area contributed by atoms with Gasteiger partial charge in [-0.1, -0.05) is 0 Å². The van der Waals surface area contributed by atoms with Gasteiger partial charge >= 0.3 is 0 Å². The van der Waals surface area contributed by atoms with Crippen molar-refractivity contribution in [3.8, 4) is 6.07 Å². The van der Waals surface area contributed by atoms with Gasteiger partial charge in [0.15, 0.2) is 0 Å². The molecule has 4 nitrogen and oxygen atoms in total. The smallest absolute Gasteiger partial charge is 0.0992 e. The highest BCUT2D eigenvalue weighted by Gasteiger charge is 2.14. The van der Waals surface area contributed by atoms with Crippen LogP contribution in [-0.4, -0.2) is 19.8 Å². The maximum atomic E-state index is 8.82. The Balaban J connectivity index is 1.87. The summed E-state index contributed by atoms with van der Waals surface area (Å²) in [6.45, 7) is 2.62. The first-order valence-corrected chi connectivity index (χ1v) is 5.91. The Morgan fingerprint density at radius 3 is 3.12 bits per heavy atom. The van der Waals surface area contributed by atoms with Gasteiger partial charge in [-0.25, -0.2) is 0 Å². The van der Waals surface area contributed by atoms with E-state index in [2.05, 4.69) is 11.4 Å². The topological polar surface area (TPSA) is 71.1 Å². The zero-order chi connectivity index (χ0) is 12.1. The number of nitriles is 1. The summed E-state index contributed by atoms with van der Waals surface area (Å²) in [4.78, 5) is 0. The molecule has 1 aliphatic heterocycles. The van der Waals surface area contributed by atoms with E-state index in [1.54, 1.807) is 18.2 Å². The van der Waals surface area contributed by atoms with E-state index in [-0.39, 0.29) is 0 Å². The summed E-state index contributed by atoms with van der Waals surface area (Å²) in [6, 6.07) is 7.39. The molecule has 0 aromatic heterocycles. The summed E-state index contributed by atoms with van der Waals surface area (Å²) in [5.41, 5.74) is 8.01. The molecule has 3 N–H and O–H groups in total. The van der Waals surface area contributed by atoms with Gasteiger partial charge in [0, 0.05) is 19.8 Å². The molecule has 17 heavy (non-hydrogen) atoms. The van der Waals surface area contributed by atoms with Crippen molar-refractivity contribution in [3.05, 3.63) is 23.8 Å². The molecular weight excluding hydrogens is 214 g/mol. The average molecular weight is 231 g/mol. The molecule has 0 amide bonds. The van der Waals surface area contributed by atoms with E-state index in [1.807, 2.05) is 0 Å². The Bertz CT molecular complexity index is 419. The van der Waals surface area contributed by atoms with Crippen molar-refractivity contribution in [2.45, 2.75) is 12.8 Å². The van der Waals surface area contributed by atoms with Crippen molar-refractivity contribution in [1.29, 1.82) is 5.26 Å². The van der Waals surface area contributed by atoms with Crippen LogP contribution in [0.25, 0.3) is 0 Å². The Kier molecular flexibility index (Phi) is 3.84. The molecule has 0 bridgehead atoms. The number of nitrogens with zero attached hydrogens (tertiary/aromatic N) is 1. The number of hydrogen-bond acceptors (Lipinski definition) is 4. The van der Waals surface area contributed by atoms with Crippen LogP contribution in [-0.2, 0) is 4.74 Å². The number of hydrogen-bond donors (Lipinski definition) is 2. The van der Waals surface area contributed by atoms with Gasteiger partial charge in [0.2, 0.25) is 0 Å². The second-order valence-corrected chi connectivity index (χ2v) is 4.36. The van der Waals surface area contributed by atoms with Gasteiger partial charge in [0.25, 0.3) is 0 Å². The van der Waals surface area contributed by atoms with Crippen LogP contribution in [0.5, 0.6) is 0 Å². The van der Waals surface area contributed by atoms with Gasteiger partial charge in [-0.3, -0.25) is 0 Å². The highest BCUT2D eigenvalue weighted by molar-refractivity contribution is 5.68. The van der Waals surface area contributed by atoms with E-state index in [0.717, 1.165) is 38.3 Å². The minimum atomic E-state index is 0.630. The summed E-state index contributed by atoms with van der Waals surface area (Å²) in [5, 5.41) is 12.1. The molecule has 90 valence electrons. The zero-order valence-electron chi connectivity index (χ0n) is 9.78. The summed E-state index contributed by atoms with van der Waals surface area (Å²) in [5.74, 6) is 0.655. The predicted molar refractivity (Wildman–Crippen MR) is 67.6 cm³/mol. The highest BCUT2D eigenvalue weighted by Crippen LogP contribution is 2.21. The SMILES string of the molecule is N#Cc1ccc(N)c(NCCC2CCOC2)c1. The van der Waals surface area contributed by atoms with E-state index in [0.29, 0.717) is 17.2 Å². The van der Waals surface area contributed by atoms with Gasteiger partial charge in [0.05, 0.1) is 23.0 Å². The largest absolute Gasteiger partial charge is 0.397 e. The third kappa shape index (κ3) is 3.11. The molecule has 0 saturated carbocycles. The van der Waals surface area contributed by atoms with E-state index in [4.69, 9.17) is 15.7 Å². The van der Waals surface area contributed by atoms with Crippen LogP contribution in [0.15, 0.2) is 18.2 Å². The molecule has 4 heteroatoms. The highest BCUT2D eigenvalue weighted by atomic mass is 16.5. The summed E-state index contributed by atoms with van der Waals surface area (Å²) in [6.07, 6.45) is 2.23. The van der Waals surface area contributed by atoms with Gasteiger partial charge in [0.1, 0.15) is 0 Å². The standard InChI is InChI=1S/C13H17N3O/c14-8-11-1-2-12(15)13(7-11)16-5-3-10-4-6-17-9-10/h1-2,7,10,16H,3-6,9,15H2. The van der Waals surface area contributed by atoms with Crippen LogP contribution >= 0.6 is 0 Å². The van der Waals surface area contributed by atoms with Gasteiger partial charge in [-0.05, 0) is 37.0 Å². The molecule has 1 heterocycles. The number of nitrogens with one attached hydrogen (secondary N) is 1. The lowest BCUT2D eigenvalue weighted by molar-refractivity contribution is 0.185. The third-order valence-electron chi connectivity index (χ3n) is 3.07. The number of anilines is 2. The monoisotopic (exact) mass is 231 g/mol. The maximum absolute atomic E-state index is 8.82. The normalized spacial score (nSPS) is 18.9. The van der Waals surface area contributed by atoms with Crippen LogP contribution in [0, 0.1) is 17.2 Å². The first kappa shape index (κ1) is 11.7. The van der Waals surface area contributed by atoms with Crippen molar-refractivity contribution in [2.24, 2.45) is 5.92 Å². The lowest BCUT2D eigenvalue weighted by Crippen LogP contribution is -2.10. The van der Waals surface area contributed by atoms with Gasteiger partial charge < -0.3 is 15.8 Å². The zero-order valence-corrected chi connectivity index (χ0v) is 9.78. The average Bonchev–Trinajstić information content (AvgIpc) is 2.84. The molecule has 1 unspecified atom stereocenters. The number of rotatable bonds is 4. The number of nitrogen functional groups attached to an aromatic ring is 1. The van der Waals surface area contributed by atoms with E-state index >= 15 is 0 Å². The molecule has 1 aromatic rings. The fourth-order valence-corrected chi connectivity index (χ4v) is 2.00. The summed E-state index contributed by atoms with van der Waals surface area (Å²) >= 11 is 0. The molecule has 0 aliphatic carbocycles. The molecule has 1 fully saturated rings. The first-order chi connectivity index (χ1) is 8.29. The van der Waals surface area contributed by atoms with Crippen molar-refractivity contribution in [2.75, 3.05) is 30.8 Å². The predicted octanol–water partition coefficient (Wildman–Crippen LogP) is 1.98. The second-order valence-electron chi connectivity index (χ2n) is 4.36. The Labute approximate surface area is 101 Å². The lowest BCUT2D eigenvalue weighted by atomic mass is 10.1. The molecule has 0 spiro atoms. The second kappa shape index (κ2) is 5.55. The Morgan fingerprint density at radius 1 is 1.53 bits per heavy atom.